The summed E-state index contributed by atoms with van der Waals surface area (Å²) in [5, 5.41) is 5.90. The van der Waals surface area contributed by atoms with Gasteiger partial charge in [-0.3, -0.25) is 4.79 Å². The molecule has 1 heterocycles. The molecule has 0 saturated heterocycles. The Bertz CT molecular complexity index is 652. The molecule has 1 amide bonds. The summed E-state index contributed by atoms with van der Waals surface area (Å²) in [4.78, 5) is 16.7. The summed E-state index contributed by atoms with van der Waals surface area (Å²) in [5.41, 5.74) is 6.55. The van der Waals surface area contributed by atoms with Gasteiger partial charge < -0.3 is 11.1 Å². The van der Waals surface area contributed by atoms with Crippen LogP contribution in [-0.2, 0) is 23.2 Å². The fourth-order valence-electron chi connectivity index (χ4n) is 2.29. The van der Waals surface area contributed by atoms with Crippen molar-refractivity contribution in [3.8, 4) is 0 Å². The van der Waals surface area contributed by atoms with Crippen LogP contribution in [0.1, 0.15) is 36.5 Å². The third kappa shape index (κ3) is 5.11. The zero-order valence-electron chi connectivity index (χ0n) is 13.4. The van der Waals surface area contributed by atoms with Crippen molar-refractivity contribution >= 4 is 17.2 Å². The van der Waals surface area contributed by atoms with Crippen molar-refractivity contribution < 1.29 is 9.18 Å². The molecule has 1 aromatic carbocycles. The van der Waals surface area contributed by atoms with Crippen LogP contribution in [0.3, 0.4) is 0 Å². The molecular formula is C17H22FN3OS. The van der Waals surface area contributed by atoms with Gasteiger partial charge in [0, 0.05) is 11.8 Å². The highest BCUT2D eigenvalue weighted by atomic mass is 32.1. The molecule has 2 aromatic rings. The summed E-state index contributed by atoms with van der Waals surface area (Å²) < 4.78 is 13.0. The van der Waals surface area contributed by atoms with Crippen LogP contribution in [0.4, 0.5) is 4.39 Å². The van der Waals surface area contributed by atoms with Crippen molar-refractivity contribution in [3.05, 3.63) is 51.7 Å². The minimum absolute atomic E-state index is 0.102. The van der Waals surface area contributed by atoms with E-state index < -0.39 is 5.54 Å². The maximum atomic E-state index is 13.0. The molecule has 0 saturated carbocycles. The molecule has 0 fully saturated rings. The van der Waals surface area contributed by atoms with E-state index >= 15 is 0 Å². The Balaban J connectivity index is 1.95. The lowest BCUT2D eigenvalue weighted by atomic mass is 9.94. The van der Waals surface area contributed by atoms with E-state index in [2.05, 4.69) is 10.3 Å². The zero-order chi connectivity index (χ0) is 16.9. The van der Waals surface area contributed by atoms with E-state index in [4.69, 9.17) is 5.73 Å². The number of carbonyl (C=O) groups excluding carboxylic acids is 1. The Morgan fingerprint density at radius 1 is 1.35 bits per heavy atom. The number of aromatic nitrogens is 1. The van der Waals surface area contributed by atoms with Crippen LogP contribution >= 0.6 is 11.3 Å². The van der Waals surface area contributed by atoms with Crippen LogP contribution in [0.25, 0.3) is 0 Å². The number of hydrogen-bond donors (Lipinski definition) is 2. The van der Waals surface area contributed by atoms with Crippen molar-refractivity contribution in [2.45, 2.75) is 38.6 Å². The molecule has 1 aromatic heterocycles. The SMILES string of the molecule is CC(C)(NC(=O)Cc1csc(CCCN)n1)c1ccc(F)cc1. The minimum Gasteiger partial charge on any atom is -0.347 e. The number of aryl methyl sites for hydroxylation is 1. The molecule has 2 rings (SSSR count). The molecule has 4 nitrogen and oxygen atoms in total. The molecule has 6 heteroatoms. The van der Waals surface area contributed by atoms with Crippen molar-refractivity contribution in [2.24, 2.45) is 5.73 Å². The zero-order valence-corrected chi connectivity index (χ0v) is 14.3. The number of halogens is 1. The van der Waals surface area contributed by atoms with Gasteiger partial charge in [-0.05, 0) is 44.5 Å². The lowest BCUT2D eigenvalue weighted by Gasteiger charge is -2.26. The predicted molar refractivity (Wildman–Crippen MR) is 90.8 cm³/mol. The number of nitrogens with one attached hydrogen (secondary N) is 1. The molecule has 0 bridgehead atoms. The van der Waals surface area contributed by atoms with Gasteiger partial charge >= 0.3 is 0 Å². The number of thiazole rings is 1. The minimum atomic E-state index is -0.566. The number of hydrogen-bond acceptors (Lipinski definition) is 4. The molecule has 3 N–H and O–H groups in total. The van der Waals surface area contributed by atoms with Gasteiger partial charge in [-0.25, -0.2) is 9.37 Å². The summed E-state index contributed by atoms with van der Waals surface area (Å²) in [7, 11) is 0. The molecule has 0 aliphatic heterocycles. The predicted octanol–water partition coefficient (Wildman–Crippen LogP) is 2.77. The van der Waals surface area contributed by atoms with Crippen LogP contribution in [-0.4, -0.2) is 17.4 Å². The van der Waals surface area contributed by atoms with Crippen LogP contribution in [0.15, 0.2) is 29.6 Å². The second kappa shape index (κ2) is 7.66. The van der Waals surface area contributed by atoms with Gasteiger partial charge in [-0.2, -0.15) is 0 Å². The topological polar surface area (TPSA) is 68.0 Å². The first-order valence-corrected chi connectivity index (χ1v) is 8.49. The fraction of sp³-hybridized carbons (Fsp3) is 0.412. The van der Waals surface area contributed by atoms with E-state index in [0.717, 1.165) is 29.1 Å². The monoisotopic (exact) mass is 335 g/mol. The van der Waals surface area contributed by atoms with Crippen LogP contribution in [0, 0.1) is 5.82 Å². The van der Waals surface area contributed by atoms with Gasteiger partial charge in [0.2, 0.25) is 5.91 Å². The Morgan fingerprint density at radius 2 is 2.04 bits per heavy atom. The number of amides is 1. The highest BCUT2D eigenvalue weighted by molar-refractivity contribution is 7.09. The van der Waals surface area contributed by atoms with E-state index in [1.54, 1.807) is 23.5 Å². The van der Waals surface area contributed by atoms with E-state index in [-0.39, 0.29) is 18.1 Å². The van der Waals surface area contributed by atoms with Gasteiger partial charge in [-0.1, -0.05) is 12.1 Å². The third-order valence-electron chi connectivity index (χ3n) is 3.55. The first kappa shape index (κ1) is 17.6. The molecule has 0 spiro atoms. The number of benzene rings is 1. The second-order valence-electron chi connectivity index (χ2n) is 5.98. The van der Waals surface area contributed by atoms with Gasteiger partial charge in [-0.15, -0.1) is 11.3 Å². The molecule has 124 valence electrons. The lowest BCUT2D eigenvalue weighted by molar-refractivity contribution is -0.122. The molecule has 0 aliphatic carbocycles. The molecule has 0 unspecified atom stereocenters. The van der Waals surface area contributed by atoms with Gasteiger partial charge in [0.05, 0.1) is 22.7 Å². The smallest absolute Gasteiger partial charge is 0.226 e. The third-order valence-corrected chi connectivity index (χ3v) is 4.51. The maximum absolute atomic E-state index is 13.0. The average molecular weight is 335 g/mol. The van der Waals surface area contributed by atoms with Crippen molar-refractivity contribution in [3.63, 3.8) is 0 Å². The second-order valence-corrected chi connectivity index (χ2v) is 6.92. The van der Waals surface area contributed by atoms with Crippen LogP contribution in [0.5, 0.6) is 0 Å². The number of nitrogens with zero attached hydrogens (tertiary/aromatic N) is 1. The first-order chi connectivity index (χ1) is 10.9. The van der Waals surface area contributed by atoms with Crippen molar-refractivity contribution in [1.29, 1.82) is 0 Å². The van der Waals surface area contributed by atoms with E-state index in [0.29, 0.717) is 6.54 Å². The molecule has 0 aliphatic rings. The highest BCUT2D eigenvalue weighted by Crippen LogP contribution is 2.20. The Labute approximate surface area is 139 Å². The number of carbonyl (C=O) groups is 1. The Morgan fingerprint density at radius 3 is 2.70 bits per heavy atom. The van der Waals surface area contributed by atoms with Gasteiger partial charge in [0.15, 0.2) is 0 Å². The molecular weight excluding hydrogens is 313 g/mol. The number of nitrogens with two attached hydrogens (primary N) is 1. The molecule has 0 radical (unpaired) electrons. The van der Waals surface area contributed by atoms with Crippen molar-refractivity contribution in [2.75, 3.05) is 6.54 Å². The Kier molecular flexibility index (Phi) is 5.85. The number of rotatable bonds is 7. The van der Waals surface area contributed by atoms with Gasteiger partial charge in [0.1, 0.15) is 5.82 Å². The fourth-order valence-corrected chi connectivity index (χ4v) is 3.13. The lowest BCUT2D eigenvalue weighted by Crippen LogP contribution is -2.41. The molecule has 0 atom stereocenters. The maximum Gasteiger partial charge on any atom is 0.226 e. The van der Waals surface area contributed by atoms with Gasteiger partial charge in [0.25, 0.3) is 0 Å². The van der Waals surface area contributed by atoms with E-state index in [1.165, 1.54) is 12.1 Å². The summed E-state index contributed by atoms with van der Waals surface area (Å²) in [6.07, 6.45) is 1.99. The van der Waals surface area contributed by atoms with E-state index in [9.17, 15) is 9.18 Å². The standard InChI is InChI=1S/C17H22FN3OS/c1-17(2,12-5-7-13(18)8-6-12)21-15(22)10-14-11-23-16(20-14)4-3-9-19/h5-8,11H,3-4,9-10,19H2,1-2H3,(H,21,22). The van der Waals surface area contributed by atoms with Crippen LogP contribution < -0.4 is 11.1 Å². The summed E-state index contributed by atoms with van der Waals surface area (Å²) in [6.45, 7) is 4.43. The van der Waals surface area contributed by atoms with Crippen LogP contribution in [0.2, 0.25) is 0 Å². The summed E-state index contributed by atoms with van der Waals surface area (Å²) in [5.74, 6) is -0.390. The quantitative estimate of drug-likeness (QED) is 0.817. The summed E-state index contributed by atoms with van der Waals surface area (Å²) >= 11 is 1.56. The van der Waals surface area contributed by atoms with Crippen molar-refractivity contribution in [1.82, 2.24) is 10.3 Å². The largest absolute Gasteiger partial charge is 0.347 e. The Hall–Kier alpha value is -1.79. The molecule has 23 heavy (non-hydrogen) atoms. The average Bonchev–Trinajstić information content (AvgIpc) is 2.92. The van der Waals surface area contributed by atoms with E-state index in [1.807, 2.05) is 19.2 Å². The highest BCUT2D eigenvalue weighted by Gasteiger charge is 2.23. The summed E-state index contributed by atoms with van der Waals surface area (Å²) in [6, 6.07) is 6.16. The first-order valence-electron chi connectivity index (χ1n) is 7.61. The normalized spacial score (nSPS) is 11.5.